The number of likely N-dealkylation sites (tertiary alicyclic amines) is 1. The highest BCUT2D eigenvalue weighted by Gasteiger charge is 2.45. The van der Waals surface area contributed by atoms with Crippen LogP contribution in [-0.2, 0) is 16.0 Å². The van der Waals surface area contributed by atoms with Crippen LogP contribution in [0.5, 0.6) is 0 Å². The van der Waals surface area contributed by atoms with Gasteiger partial charge in [0.15, 0.2) is 0 Å². The van der Waals surface area contributed by atoms with Crippen molar-refractivity contribution in [3.05, 3.63) is 35.6 Å². The monoisotopic (exact) mass is 348 g/mol. The van der Waals surface area contributed by atoms with E-state index in [-0.39, 0.29) is 23.5 Å². The van der Waals surface area contributed by atoms with Crippen LogP contribution in [-0.4, -0.2) is 47.1 Å². The molecule has 0 bridgehead atoms. The highest BCUT2D eigenvalue weighted by atomic mass is 19.1. The Kier molecular flexibility index (Phi) is 5.37. The molecule has 1 aliphatic heterocycles. The van der Waals surface area contributed by atoms with E-state index in [9.17, 15) is 19.1 Å². The number of rotatable bonds is 5. The first-order valence-electron chi connectivity index (χ1n) is 9.02. The van der Waals surface area contributed by atoms with Gasteiger partial charge in [0.1, 0.15) is 11.4 Å². The molecule has 5 nitrogen and oxygen atoms in total. The molecule has 0 atom stereocenters. The van der Waals surface area contributed by atoms with Gasteiger partial charge in [-0.25, -0.2) is 4.39 Å². The SMILES string of the molecule is O=C(NCCc1ccccc1F)C1CCN(C(=O)C2(O)CCC2)CC1. The van der Waals surface area contributed by atoms with Gasteiger partial charge in [0.25, 0.3) is 5.91 Å². The average Bonchev–Trinajstić information content (AvgIpc) is 2.60. The Bertz CT molecular complexity index is 637. The van der Waals surface area contributed by atoms with E-state index in [0.717, 1.165) is 6.42 Å². The molecule has 25 heavy (non-hydrogen) atoms. The summed E-state index contributed by atoms with van der Waals surface area (Å²) in [5.41, 5.74) is -0.563. The van der Waals surface area contributed by atoms with Crippen molar-refractivity contribution in [1.29, 1.82) is 0 Å². The van der Waals surface area contributed by atoms with Crippen LogP contribution in [0.4, 0.5) is 4.39 Å². The van der Waals surface area contributed by atoms with Crippen molar-refractivity contribution in [1.82, 2.24) is 10.2 Å². The first kappa shape index (κ1) is 17.9. The van der Waals surface area contributed by atoms with E-state index in [1.54, 1.807) is 23.1 Å². The lowest BCUT2D eigenvalue weighted by molar-refractivity contribution is -0.162. The molecular formula is C19H25FN2O3. The lowest BCUT2D eigenvalue weighted by Crippen LogP contribution is -2.55. The van der Waals surface area contributed by atoms with Crippen LogP contribution in [0.2, 0.25) is 0 Å². The molecule has 0 unspecified atom stereocenters. The molecule has 2 aliphatic rings. The molecule has 1 heterocycles. The van der Waals surface area contributed by atoms with E-state index in [1.807, 2.05) is 0 Å². The molecule has 1 aliphatic carbocycles. The summed E-state index contributed by atoms with van der Waals surface area (Å²) < 4.78 is 13.5. The van der Waals surface area contributed by atoms with Crippen molar-refractivity contribution >= 4 is 11.8 Å². The molecule has 2 fully saturated rings. The second kappa shape index (κ2) is 7.52. The van der Waals surface area contributed by atoms with Crippen molar-refractivity contribution in [2.75, 3.05) is 19.6 Å². The summed E-state index contributed by atoms with van der Waals surface area (Å²) in [6.45, 7) is 1.41. The maximum absolute atomic E-state index is 13.5. The molecule has 136 valence electrons. The Balaban J connectivity index is 1.41. The maximum Gasteiger partial charge on any atom is 0.254 e. The van der Waals surface area contributed by atoms with E-state index in [1.165, 1.54) is 6.07 Å². The number of halogens is 1. The first-order chi connectivity index (χ1) is 12.0. The molecule has 1 aromatic carbocycles. The second-order valence-electron chi connectivity index (χ2n) is 7.08. The van der Waals surface area contributed by atoms with Crippen LogP contribution < -0.4 is 5.32 Å². The molecule has 1 saturated heterocycles. The quantitative estimate of drug-likeness (QED) is 0.850. The van der Waals surface area contributed by atoms with Crippen molar-refractivity contribution in [2.24, 2.45) is 5.92 Å². The number of piperidine rings is 1. The zero-order valence-electron chi connectivity index (χ0n) is 14.3. The number of hydrogen-bond donors (Lipinski definition) is 2. The molecule has 0 radical (unpaired) electrons. The fourth-order valence-electron chi connectivity index (χ4n) is 3.53. The zero-order chi connectivity index (χ0) is 17.9. The maximum atomic E-state index is 13.5. The predicted octanol–water partition coefficient (Wildman–Crippen LogP) is 1.64. The fourth-order valence-corrected chi connectivity index (χ4v) is 3.53. The molecule has 1 saturated carbocycles. The minimum Gasteiger partial charge on any atom is -0.380 e. The van der Waals surface area contributed by atoms with Gasteiger partial charge in [-0.3, -0.25) is 9.59 Å². The van der Waals surface area contributed by atoms with Crippen molar-refractivity contribution in [3.8, 4) is 0 Å². The van der Waals surface area contributed by atoms with E-state index in [2.05, 4.69) is 5.32 Å². The van der Waals surface area contributed by atoms with Crippen LogP contribution in [0.15, 0.2) is 24.3 Å². The second-order valence-corrected chi connectivity index (χ2v) is 7.08. The third-order valence-corrected chi connectivity index (χ3v) is 5.38. The Labute approximate surface area is 147 Å². The topological polar surface area (TPSA) is 69.6 Å². The lowest BCUT2D eigenvalue weighted by Gasteiger charge is -2.41. The van der Waals surface area contributed by atoms with Gasteiger partial charge in [0.2, 0.25) is 5.91 Å². The summed E-state index contributed by atoms with van der Waals surface area (Å²) in [6, 6.07) is 6.56. The number of carbonyl (C=O) groups is 2. The predicted molar refractivity (Wildman–Crippen MR) is 91.2 cm³/mol. The van der Waals surface area contributed by atoms with Gasteiger partial charge in [-0.15, -0.1) is 0 Å². The summed E-state index contributed by atoms with van der Waals surface area (Å²) in [5, 5.41) is 13.0. The zero-order valence-corrected chi connectivity index (χ0v) is 14.3. The average molecular weight is 348 g/mol. The minimum absolute atomic E-state index is 0.0363. The largest absolute Gasteiger partial charge is 0.380 e. The molecule has 3 rings (SSSR count). The molecule has 2 N–H and O–H groups in total. The fraction of sp³-hybridized carbons (Fsp3) is 0.579. The van der Waals surface area contributed by atoms with Gasteiger partial charge in [0, 0.05) is 25.6 Å². The Hall–Kier alpha value is -1.95. The number of nitrogens with one attached hydrogen (secondary N) is 1. The highest BCUT2D eigenvalue weighted by Crippen LogP contribution is 2.34. The number of benzene rings is 1. The molecule has 1 aromatic rings. The van der Waals surface area contributed by atoms with Crippen LogP contribution in [0.1, 0.15) is 37.7 Å². The van der Waals surface area contributed by atoms with Crippen LogP contribution in [0.25, 0.3) is 0 Å². The van der Waals surface area contributed by atoms with Crippen LogP contribution >= 0.6 is 0 Å². The van der Waals surface area contributed by atoms with Gasteiger partial charge < -0.3 is 15.3 Å². The van der Waals surface area contributed by atoms with Crippen molar-refractivity contribution < 1.29 is 19.1 Å². The summed E-state index contributed by atoms with van der Waals surface area (Å²) >= 11 is 0. The summed E-state index contributed by atoms with van der Waals surface area (Å²) in [7, 11) is 0. The molecule has 0 spiro atoms. The van der Waals surface area contributed by atoms with Gasteiger partial charge in [-0.05, 0) is 50.2 Å². The van der Waals surface area contributed by atoms with E-state index < -0.39 is 5.60 Å². The van der Waals surface area contributed by atoms with E-state index in [0.29, 0.717) is 57.3 Å². The molecule has 6 heteroatoms. The van der Waals surface area contributed by atoms with Crippen LogP contribution in [0, 0.1) is 11.7 Å². The number of carbonyl (C=O) groups excluding carboxylic acids is 2. The third kappa shape index (κ3) is 4.00. The van der Waals surface area contributed by atoms with Crippen molar-refractivity contribution in [2.45, 2.75) is 44.1 Å². The van der Waals surface area contributed by atoms with Gasteiger partial charge in [-0.1, -0.05) is 18.2 Å². The highest BCUT2D eigenvalue weighted by molar-refractivity contribution is 5.86. The first-order valence-corrected chi connectivity index (χ1v) is 9.02. The van der Waals surface area contributed by atoms with Gasteiger partial charge in [0.05, 0.1) is 0 Å². The number of amides is 2. The Morgan fingerprint density at radius 2 is 1.92 bits per heavy atom. The normalized spacial score (nSPS) is 20.0. The lowest BCUT2D eigenvalue weighted by atomic mass is 9.78. The Morgan fingerprint density at radius 1 is 1.24 bits per heavy atom. The molecular weight excluding hydrogens is 323 g/mol. The Morgan fingerprint density at radius 3 is 2.52 bits per heavy atom. The minimum atomic E-state index is -1.16. The van der Waals surface area contributed by atoms with Gasteiger partial charge >= 0.3 is 0 Å². The number of hydrogen-bond acceptors (Lipinski definition) is 3. The summed E-state index contributed by atoms with van der Waals surface area (Å²) in [5.74, 6) is -0.596. The van der Waals surface area contributed by atoms with E-state index in [4.69, 9.17) is 0 Å². The molecule has 2 amide bonds. The number of aliphatic hydroxyl groups is 1. The summed E-state index contributed by atoms with van der Waals surface area (Å²) in [4.78, 5) is 26.2. The standard InChI is InChI=1S/C19H25FN2O3/c20-16-5-2-1-4-14(16)6-11-21-17(23)15-7-12-22(13-8-15)18(24)19(25)9-3-10-19/h1-2,4-5,15,25H,3,6-13H2,(H,21,23). The summed E-state index contributed by atoms with van der Waals surface area (Å²) in [6.07, 6.45) is 3.65. The van der Waals surface area contributed by atoms with Crippen molar-refractivity contribution in [3.63, 3.8) is 0 Å². The smallest absolute Gasteiger partial charge is 0.254 e. The molecule has 0 aromatic heterocycles. The third-order valence-electron chi connectivity index (χ3n) is 5.38. The number of nitrogens with zero attached hydrogens (tertiary/aromatic N) is 1. The van der Waals surface area contributed by atoms with Crippen LogP contribution in [0.3, 0.4) is 0 Å². The van der Waals surface area contributed by atoms with Gasteiger partial charge in [-0.2, -0.15) is 0 Å². The van der Waals surface area contributed by atoms with E-state index >= 15 is 0 Å².